The summed E-state index contributed by atoms with van der Waals surface area (Å²) in [5.41, 5.74) is 2.24. The molecule has 1 saturated carbocycles. The van der Waals surface area contributed by atoms with Gasteiger partial charge in [-0.25, -0.2) is 0 Å². The maximum atomic E-state index is 6.21. The molecular weight excluding hydrogens is 194 g/mol. The first-order chi connectivity index (χ1) is 6.77. The van der Waals surface area contributed by atoms with E-state index in [-0.39, 0.29) is 0 Å². The summed E-state index contributed by atoms with van der Waals surface area (Å²) in [6, 6.07) is 6.79. The Labute approximate surface area is 90.5 Å². The fourth-order valence-corrected chi connectivity index (χ4v) is 2.23. The molecule has 2 rings (SSSR count). The lowest BCUT2D eigenvalue weighted by Gasteiger charge is -2.15. The van der Waals surface area contributed by atoms with Gasteiger partial charge in [0, 0.05) is 6.04 Å². The van der Waals surface area contributed by atoms with Crippen molar-refractivity contribution in [2.45, 2.75) is 38.6 Å². The third-order valence-electron chi connectivity index (χ3n) is 2.91. The molecular formula is C12H16ClN. The lowest BCUT2D eigenvalue weighted by atomic mass is 10.2. The second-order valence-corrected chi connectivity index (χ2v) is 4.44. The second-order valence-electron chi connectivity index (χ2n) is 4.06. The van der Waals surface area contributed by atoms with E-state index in [1.807, 2.05) is 13.0 Å². The molecule has 1 aliphatic rings. The highest BCUT2D eigenvalue weighted by Gasteiger charge is 2.15. The van der Waals surface area contributed by atoms with Gasteiger partial charge in [0.15, 0.2) is 0 Å². The van der Waals surface area contributed by atoms with Gasteiger partial charge in [-0.05, 0) is 31.4 Å². The fraction of sp³-hybridized carbons (Fsp3) is 0.500. The molecule has 2 heteroatoms. The van der Waals surface area contributed by atoms with Crippen LogP contribution in [0.5, 0.6) is 0 Å². The van der Waals surface area contributed by atoms with Crippen molar-refractivity contribution in [2.24, 2.45) is 0 Å². The minimum atomic E-state index is 0.634. The van der Waals surface area contributed by atoms with E-state index >= 15 is 0 Å². The van der Waals surface area contributed by atoms with Crippen molar-refractivity contribution in [3.05, 3.63) is 28.8 Å². The summed E-state index contributed by atoms with van der Waals surface area (Å²) >= 11 is 6.21. The lowest BCUT2D eigenvalue weighted by molar-refractivity contribution is 0.755. The number of rotatable bonds is 2. The summed E-state index contributed by atoms with van der Waals surface area (Å²) in [6.07, 6.45) is 5.26. The molecule has 0 aliphatic heterocycles. The number of benzene rings is 1. The summed E-state index contributed by atoms with van der Waals surface area (Å²) in [5.74, 6) is 0. The second kappa shape index (κ2) is 4.22. The Hall–Kier alpha value is -0.690. The molecule has 1 N–H and O–H groups in total. The molecule has 14 heavy (non-hydrogen) atoms. The van der Waals surface area contributed by atoms with E-state index in [4.69, 9.17) is 11.6 Å². The summed E-state index contributed by atoms with van der Waals surface area (Å²) in [5, 5.41) is 4.39. The molecule has 0 spiro atoms. The topological polar surface area (TPSA) is 12.0 Å². The van der Waals surface area contributed by atoms with Gasteiger partial charge in [0.2, 0.25) is 0 Å². The largest absolute Gasteiger partial charge is 0.381 e. The number of hydrogen-bond acceptors (Lipinski definition) is 1. The molecule has 1 aromatic rings. The molecule has 0 saturated heterocycles. The Balaban J connectivity index is 2.11. The summed E-state index contributed by atoms with van der Waals surface area (Å²) in [6.45, 7) is 2.04. The van der Waals surface area contributed by atoms with Gasteiger partial charge in [-0.1, -0.05) is 36.6 Å². The average Bonchev–Trinajstić information content (AvgIpc) is 2.66. The van der Waals surface area contributed by atoms with Crippen molar-refractivity contribution in [1.29, 1.82) is 0 Å². The first-order valence-electron chi connectivity index (χ1n) is 5.29. The Bertz CT molecular complexity index is 316. The van der Waals surface area contributed by atoms with Crippen molar-refractivity contribution in [2.75, 3.05) is 5.32 Å². The molecule has 1 aliphatic carbocycles. The van der Waals surface area contributed by atoms with Gasteiger partial charge in [0.25, 0.3) is 0 Å². The monoisotopic (exact) mass is 209 g/mol. The molecule has 0 radical (unpaired) electrons. The molecule has 0 heterocycles. The first kappa shape index (κ1) is 9.85. The van der Waals surface area contributed by atoms with Crippen molar-refractivity contribution < 1.29 is 0 Å². The Morgan fingerprint density at radius 1 is 1.29 bits per heavy atom. The third-order valence-corrected chi connectivity index (χ3v) is 3.41. The zero-order valence-electron chi connectivity index (χ0n) is 8.52. The van der Waals surface area contributed by atoms with Gasteiger partial charge in [-0.3, -0.25) is 0 Å². The molecule has 1 fully saturated rings. The zero-order chi connectivity index (χ0) is 9.97. The van der Waals surface area contributed by atoms with Crippen molar-refractivity contribution >= 4 is 17.3 Å². The standard InChI is InChI=1S/C12H16ClN/c1-9-5-4-8-11(12(9)13)14-10-6-2-3-7-10/h4-5,8,10,14H,2-3,6-7H2,1H3. The molecule has 0 atom stereocenters. The Morgan fingerprint density at radius 2 is 2.00 bits per heavy atom. The van der Waals surface area contributed by atoms with E-state index in [9.17, 15) is 0 Å². The Morgan fingerprint density at radius 3 is 2.71 bits per heavy atom. The number of anilines is 1. The third kappa shape index (κ3) is 2.03. The lowest BCUT2D eigenvalue weighted by Crippen LogP contribution is -2.14. The predicted molar refractivity (Wildman–Crippen MR) is 62.1 cm³/mol. The molecule has 0 amide bonds. The van der Waals surface area contributed by atoms with E-state index < -0.39 is 0 Å². The highest BCUT2D eigenvalue weighted by Crippen LogP contribution is 2.29. The van der Waals surface area contributed by atoms with Crippen molar-refractivity contribution in [1.82, 2.24) is 0 Å². The highest BCUT2D eigenvalue weighted by atomic mass is 35.5. The van der Waals surface area contributed by atoms with Gasteiger partial charge in [0.05, 0.1) is 10.7 Å². The quantitative estimate of drug-likeness (QED) is 0.777. The van der Waals surface area contributed by atoms with Gasteiger partial charge in [-0.2, -0.15) is 0 Å². The molecule has 76 valence electrons. The van der Waals surface area contributed by atoms with Crippen molar-refractivity contribution in [3.63, 3.8) is 0 Å². The zero-order valence-corrected chi connectivity index (χ0v) is 9.27. The first-order valence-corrected chi connectivity index (χ1v) is 5.67. The highest BCUT2D eigenvalue weighted by molar-refractivity contribution is 6.34. The van der Waals surface area contributed by atoms with Crippen LogP contribution in [-0.2, 0) is 0 Å². The van der Waals surface area contributed by atoms with Crippen LogP contribution in [0.2, 0.25) is 5.02 Å². The van der Waals surface area contributed by atoms with Crippen molar-refractivity contribution in [3.8, 4) is 0 Å². The van der Waals surface area contributed by atoms with E-state index in [0.717, 1.165) is 16.3 Å². The normalized spacial score (nSPS) is 17.3. The van der Waals surface area contributed by atoms with Crippen LogP contribution in [0.15, 0.2) is 18.2 Å². The number of nitrogens with one attached hydrogen (secondary N) is 1. The van der Waals surface area contributed by atoms with Gasteiger partial charge >= 0.3 is 0 Å². The van der Waals surface area contributed by atoms with Crippen LogP contribution in [0.4, 0.5) is 5.69 Å². The van der Waals surface area contributed by atoms with Crippen LogP contribution >= 0.6 is 11.6 Å². The minimum absolute atomic E-state index is 0.634. The van der Waals surface area contributed by atoms with E-state index in [1.165, 1.54) is 25.7 Å². The van der Waals surface area contributed by atoms with Crippen LogP contribution in [0, 0.1) is 6.92 Å². The van der Waals surface area contributed by atoms with Gasteiger partial charge < -0.3 is 5.32 Å². The van der Waals surface area contributed by atoms with E-state index in [2.05, 4.69) is 17.4 Å². The van der Waals surface area contributed by atoms with E-state index in [0.29, 0.717) is 6.04 Å². The number of halogens is 1. The van der Waals surface area contributed by atoms with Crippen LogP contribution in [0.3, 0.4) is 0 Å². The van der Waals surface area contributed by atoms with Crippen LogP contribution < -0.4 is 5.32 Å². The molecule has 1 aromatic carbocycles. The van der Waals surface area contributed by atoms with Gasteiger partial charge in [0.1, 0.15) is 0 Å². The summed E-state index contributed by atoms with van der Waals surface area (Å²) < 4.78 is 0. The van der Waals surface area contributed by atoms with Crippen LogP contribution in [-0.4, -0.2) is 6.04 Å². The summed E-state index contributed by atoms with van der Waals surface area (Å²) in [4.78, 5) is 0. The SMILES string of the molecule is Cc1cccc(NC2CCCC2)c1Cl. The maximum Gasteiger partial charge on any atom is 0.0666 e. The average molecular weight is 210 g/mol. The van der Waals surface area contributed by atoms with E-state index in [1.54, 1.807) is 0 Å². The molecule has 0 unspecified atom stereocenters. The minimum Gasteiger partial charge on any atom is -0.381 e. The summed E-state index contributed by atoms with van der Waals surface area (Å²) in [7, 11) is 0. The van der Waals surface area contributed by atoms with Crippen LogP contribution in [0.25, 0.3) is 0 Å². The smallest absolute Gasteiger partial charge is 0.0666 e. The number of hydrogen-bond donors (Lipinski definition) is 1. The predicted octanol–water partition coefficient (Wildman–Crippen LogP) is 4.00. The van der Waals surface area contributed by atoms with Crippen LogP contribution in [0.1, 0.15) is 31.2 Å². The van der Waals surface area contributed by atoms with Gasteiger partial charge in [-0.15, -0.1) is 0 Å². The Kier molecular flexibility index (Phi) is 2.97. The maximum absolute atomic E-state index is 6.21. The molecule has 0 aromatic heterocycles. The molecule has 0 bridgehead atoms. The fourth-order valence-electron chi connectivity index (χ4n) is 2.05. The number of aryl methyl sites for hydroxylation is 1. The molecule has 1 nitrogen and oxygen atoms in total.